The summed E-state index contributed by atoms with van der Waals surface area (Å²) in [5.41, 5.74) is 32.4. The van der Waals surface area contributed by atoms with E-state index < -0.39 is 133 Å². The Hall–Kier alpha value is -6.31. The molecule has 0 saturated heterocycles. The second kappa shape index (κ2) is 27.4. The van der Waals surface area contributed by atoms with E-state index in [9.17, 15) is 58.5 Å². The third-order valence-electron chi connectivity index (χ3n) is 8.46. The number of hydrogen-bond donors (Lipinski definition) is 15. The summed E-state index contributed by atoms with van der Waals surface area (Å²) in [5.74, 6) is -10.7. The minimum absolute atomic E-state index is 0.00759. The maximum Gasteiger partial charge on any atom is 0.326 e. The SMILES string of the molecule is CC(C)[C@H](NC(=O)[C@H](CCC(N)=O)NC(=O)[C@@H](NC(=O)[C@H](CCC(=O)O)NC(=O)[C@H](CCCN=C(N)N)NC(=O)[C@H](CCCN=C(N)N)NC(=O)[C@H](C)N)[C@@H](C)O)C(=O)O. The standard InChI is InChI=1S/C34H62N14O12/c1-15(2)24(32(59)60)47-29(56)20(9-11-22(36)50)46-31(58)25(17(4)49)48-30(57)21(10-12-23(51)52)45-28(55)19(8-6-14-42-34(39)40)44-27(54)18(43-26(53)16(3)35)7-5-13-41-33(37)38/h15-21,24-25,49H,5-14,35H2,1-4H3,(H2,36,50)(H,43,53)(H,44,54)(H,45,55)(H,46,58)(H,47,56)(H,48,57)(H,51,52)(H,59,60)(H4,37,38,41)(H4,39,40,42)/t16-,17+,18-,19-,20-,21-,24-,25-/m0/s1. The molecular formula is C34H62N14O12. The van der Waals surface area contributed by atoms with Crippen LogP contribution < -0.4 is 66.3 Å². The first kappa shape index (κ1) is 53.7. The number of nitrogens with two attached hydrogens (primary N) is 6. The van der Waals surface area contributed by atoms with E-state index in [2.05, 4.69) is 41.9 Å². The zero-order valence-electron chi connectivity index (χ0n) is 34.1. The van der Waals surface area contributed by atoms with E-state index in [1.165, 1.54) is 20.8 Å². The molecule has 0 aromatic rings. The van der Waals surface area contributed by atoms with E-state index in [-0.39, 0.29) is 50.7 Å². The maximum absolute atomic E-state index is 13.8. The normalized spacial score (nSPS) is 14.8. The second-order valence-corrected chi connectivity index (χ2v) is 14.2. The number of nitrogens with one attached hydrogen (secondary N) is 6. The summed E-state index contributed by atoms with van der Waals surface area (Å²) >= 11 is 0. The van der Waals surface area contributed by atoms with Gasteiger partial charge in [0.2, 0.25) is 41.4 Å². The molecule has 0 aliphatic carbocycles. The first-order valence-electron chi connectivity index (χ1n) is 19.0. The number of rotatable bonds is 29. The van der Waals surface area contributed by atoms with Crippen LogP contribution in [0.2, 0.25) is 0 Å². The molecule has 7 amide bonds. The Morgan fingerprint density at radius 3 is 1.23 bits per heavy atom. The number of guanidine groups is 2. The van der Waals surface area contributed by atoms with Crippen molar-refractivity contribution in [2.45, 2.75) is 127 Å². The van der Waals surface area contributed by atoms with Crippen LogP contribution in [0.25, 0.3) is 0 Å². The maximum atomic E-state index is 13.8. The number of primary amides is 1. The third kappa shape index (κ3) is 22.0. The highest BCUT2D eigenvalue weighted by molar-refractivity contribution is 5.97. The number of carbonyl (C=O) groups excluding carboxylic acids is 7. The predicted octanol–water partition coefficient (Wildman–Crippen LogP) is -6.40. The Kier molecular flexibility index (Phi) is 24.5. The summed E-state index contributed by atoms with van der Waals surface area (Å²) in [4.78, 5) is 123. The van der Waals surface area contributed by atoms with Gasteiger partial charge in [-0.25, -0.2) is 4.79 Å². The van der Waals surface area contributed by atoms with Gasteiger partial charge in [-0.1, -0.05) is 13.8 Å². The van der Waals surface area contributed by atoms with Gasteiger partial charge in [0.25, 0.3) is 0 Å². The van der Waals surface area contributed by atoms with Crippen LogP contribution in [0.3, 0.4) is 0 Å². The van der Waals surface area contributed by atoms with Crippen molar-refractivity contribution < 1.29 is 58.5 Å². The van der Waals surface area contributed by atoms with Crippen molar-refractivity contribution in [1.82, 2.24) is 31.9 Å². The van der Waals surface area contributed by atoms with Gasteiger partial charge >= 0.3 is 11.9 Å². The zero-order chi connectivity index (χ0) is 46.3. The average molecular weight is 859 g/mol. The van der Waals surface area contributed by atoms with Gasteiger partial charge in [-0.3, -0.25) is 48.3 Å². The van der Waals surface area contributed by atoms with E-state index in [0.29, 0.717) is 0 Å². The summed E-state index contributed by atoms with van der Waals surface area (Å²) in [7, 11) is 0. The molecule has 0 heterocycles. The van der Waals surface area contributed by atoms with Crippen molar-refractivity contribution in [3.05, 3.63) is 0 Å². The lowest BCUT2D eigenvalue weighted by atomic mass is 10.0. The smallest absolute Gasteiger partial charge is 0.326 e. The fourth-order valence-corrected chi connectivity index (χ4v) is 5.17. The first-order chi connectivity index (χ1) is 27.9. The van der Waals surface area contributed by atoms with Crippen molar-refractivity contribution in [3.63, 3.8) is 0 Å². The number of nitrogens with zero attached hydrogens (tertiary/aromatic N) is 2. The van der Waals surface area contributed by atoms with Crippen molar-refractivity contribution in [3.8, 4) is 0 Å². The average Bonchev–Trinajstić information content (AvgIpc) is 3.13. The molecule has 0 bridgehead atoms. The molecule has 340 valence electrons. The Morgan fingerprint density at radius 2 is 0.883 bits per heavy atom. The molecule has 0 aromatic heterocycles. The summed E-state index contributed by atoms with van der Waals surface area (Å²) < 4.78 is 0. The van der Waals surface area contributed by atoms with Gasteiger partial charge in [0, 0.05) is 25.9 Å². The molecule has 26 heteroatoms. The van der Waals surface area contributed by atoms with E-state index >= 15 is 0 Å². The van der Waals surface area contributed by atoms with Crippen molar-refractivity contribution in [1.29, 1.82) is 0 Å². The minimum Gasteiger partial charge on any atom is -0.481 e. The fraction of sp³-hybridized carbons (Fsp3) is 0.676. The van der Waals surface area contributed by atoms with Gasteiger partial charge in [0.1, 0.15) is 36.3 Å². The van der Waals surface area contributed by atoms with E-state index in [1.807, 2.05) is 0 Å². The van der Waals surface area contributed by atoms with Crippen LogP contribution in [0.15, 0.2) is 9.98 Å². The molecule has 0 aromatic carbocycles. The van der Waals surface area contributed by atoms with Crippen LogP contribution in [-0.2, 0) is 43.2 Å². The monoisotopic (exact) mass is 858 g/mol. The molecule has 0 aliphatic rings. The lowest BCUT2D eigenvalue weighted by Crippen LogP contribution is -2.61. The molecule has 0 aliphatic heterocycles. The minimum atomic E-state index is -1.87. The Balaban J connectivity index is 6.57. The molecule has 0 saturated carbocycles. The van der Waals surface area contributed by atoms with Gasteiger partial charge in [0.15, 0.2) is 11.9 Å². The summed E-state index contributed by atoms with van der Waals surface area (Å²) in [6.07, 6.45) is -3.68. The van der Waals surface area contributed by atoms with Crippen LogP contribution in [0.1, 0.15) is 79.1 Å². The molecule has 21 N–H and O–H groups in total. The summed E-state index contributed by atoms with van der Waals surface area (Å²) in [5, 5.41) is 43.5. The highest BCUT2D eigenvalue weighted by Gasteiger charge is 2.35. The Bertz CT molecular complexity index is 1560. The number of amides is 7. The van der Waals surface area contributed by atoms with Crippen LogP contribution in [-0.4, -0.2) is 142 Å². The van der Waals surface area contributed by atoms with Gasteiger partial charge in [-0.2, -0.15) is 0 Å². The Labute approximate surface area is 346 Å². The van der Waals surface area contributed by atoms with Gasteiger partial charge in [0.05, 0.1) is 12.1 Å². The molecule has 26 nitrogen and oxygen atoms in total. The fourth-order valence-electron chi connectivity index (χ4n) is 5.17. The number of carboxylic acids is 2. The number of carboxylic acid groups (broad SMARTS) is 2. The molecule has 60 heavy (non-hydrogen) atoms. The molecular weight excluding hydrogens is 796 g/mol. The third-order valence-corrected chi connectivity index (χ3v) is 8.46. The van der Waals surface area contributed by atoms with Crippen LogP contribution in [0, 0.1) is 5.92 Å². The molecule has 0 fully saturated rings. The van der Waals surface area contributed by atoms with Crippen LogP contribution in [0.4, 0.5) is 0 Å². The summed E-state index contributed by atoms with van der Waals surface area (Å²) in [6, 6.07) is -10.3. The van der Waals surface area contributed by atoms with Crippen LogP contribution >= 0.6 is 0 Å². The van der Waals surface area contributed by atoms with Gasteiger partial charge < -0.3 is 81.6 Å². The van der Waals surface area contributed by atoms with E-state index in [4.69, 9.17) is 34.4 Å². The first-order valence-corrected chi connectivity index (χ1v) is 19.0. The van der Waals surface area contributed by atoms with Gasteiger partial charge in [-0.15, -0.1) is 0 Å². The van der Waals surface area contributed by atoms with Crippen molar-refractivity contribution >= 4 is 65.2 Å². The number of aliphatic imine (C=N–C) groups is 2. The predicted molar refractivity (Wildman–Crippen MR) is 215 cm³/mol. The largest absolute Gasteiger partial charge is 0.481 e. The molecule has 8 atom stereocenters. The number of carbonyl (C=O) groups is 9. The quantitative estimate of drug-likeness (QED) is 0.0189. The topological polar surface area (TPSA) is 467 Å². The van der Waals surface area contributed by atoms with Crippen molar-refractivity contribution in [2.24, 2.45) is 50.3 Å². The highest BCUT2D eigenvalue weighted by atomic mass is 16.4. The Morgan fingerprint density at radius 1 is 0.517 bits per heavy atom. The summed E-state index contributed by atoms with van der Waals surface area (Å²) in [6.45, 7) is 5.56. The van der Waals surface area contributed by atoms with Crippen LogP contribution in [0.5, 0.6) is 0 Å². The van der Waals surface area contributed by atoms with Crippen molar-refractivity contribution in [2.75, 3.05) is 13.1 Å². The van der Waals surface area contributed by atoms with Gasteiger partial charge in [-0.05, 0) is 58.3 Å². The van der Waals surface area contributed by atoms with E-state index in [0.717, 1.165) is 6.92 Å². The lowest BCUT2D eigenvalue weighted by Gasteiger charge is -2.28. The van der Waals surface area contributed by atoms with E-state index in [1.54, 1.807) is 0 Å². The molecule has 0 rings (SSSR count). The number of aliphatic hydroxyl groups excluding tert-OH is 1. The zero-order valence-corrected chi connectivity index (χ0v) is 34.1. The molecule has 0 unspecified atom stereocenters. The molecule has 0 spiro atoms. The highest BCUT2D eigenvalue weighted by Crippen LogP contribution is 2.09. The lowest BCUT2D eigenvalue weighted by molar-refractivity contribution is -0.144. The number of aliphatic hydroxyl groups is 1. The molecule has 0 radical (unpaired) electrons. The second-order valence-electron chi connectivity index (χ2n) is 14.2. The number of hydrogen-bond acceptors (Lipinski definition) is 13. The number of aliphatic carboxylic acids is 2.